The SMILES string of the molecule is CCCCSc1nc2sc3c(c2c(=O)n1-c1ccc(C)cc1)CC[C@H](C(C)(C)C)C3. The maximum atomic E-state index is 13.8. The largest absolute Gasteiger partial charge is 0.268 e. The third-order valence-electron chi connectivity index (χ3n) is 6.30. The molecular weight excluding hydrogens is 408 g/mol. The van der Waals surface area contributed by atoms with Crippen LogP contribution in [-0.4, -0.2) is 15.3 Å². The summed E-state index contributed by atoms with van der Waals surface area (Å²) in [5, 5.41) is 1.69. The Bertz CT molecular complexity index is 1100. The van der Waals surface area contributed by atoms with E-state index in [1.165, 1.54) is 16.0 Å². The molecule has 0 unspecified atom stereocenters. The van der Waals surface area contributed by atoms with Crippen molar-refractivity contribution in [3.63, 3.8) is 0 Å². The molecule has 1 aliphatic carbocycles. The fraction of sp³-hybridized carbons (Fsp3) is 0.520. The Morgan fingerprint density at radius 3 is 2.63 bits per heavy atom. The summed E-state index contributed by atoms with van der Waals surface area (Å²) in [5.74, 6) is 1.65. The number of nitrogens with zero attached hydrogens (tertiary/aromatic N) is 2. The molecule has 1 aliphatic rings. The van der Waals surface area contributed by atoms with E-state index in [2.05, 4.69) is 46.8 Å². The van der Waals surface area contributed by atoms with Gasteiger partial charge < -0.3 is 0 Å². The average molecular weight is 441 g/mol. The monoisotopic (exact) mass is 440 g/mol. The van der Waals surface area contributed by atoms with Gasteiger partial charge in [-0.25, -0.2) is 4.98 Å². The number of aromatic nitrogens is 2. The Kier molecular flexibility index (Phi) is 6.13. The molecule has 1 atom stereocenters. The third kappa shape index (κ3) is 4.11. The van der Waals surface area contributed by atoms with Crippen molar-refractivity contribution < 1.29 is 0 Å². The van der Waals surface area contributed by atoms with Gasteiger partial charge in [0.25, 0.3) is 5.56 Å². The van der Waals surface area contributed by atoms with Crippen LogP contribution in [0.2, 0.25) is 0 Å². The van der Waals surface area contributed by atoms with E-state index < -0.39 is 0 Å². The van der Waals surface area contributed by atoms with E-state index in [0.717, 1.165) is 58.9 Å². The molecular formula is C25H32N2OS2. The lowest BCUT2D eigenvalue weighted by atomic mass is 9.72. The van der Waals surface area contributed by atoms with E-state index in [1.54, 1.807) is 23.1 Å². The molecule has 0 spiro atoms. The number of thioether (sulfide) groups is 1. The van der Waals surface area contributed by atoms with Gasteiger partial charge in [-0.05, 0) is 61.6 Å². The van der Waals surface area contributed by atoms with Gasteiger partial charge in [0.1, 0.15) is 4.83 Å². The molecule has 30 heavy (non-hydrogen) atoms. The first-order valence-electron chi connectivity index (χ1n) is 11.1. The van der Waals surface area contributed by atoms with Crippen molar-refractivity contribution in [1.82, 2.24) is 9.55 Å². The molecule has 2 aromatic heterocycles. The van der Waals surface area contributed by atoms with Crippen molar-refractivity contribution in [1.29, 1.82) is 0 Å². The molecule has 5 heteroatoms. The maximum Gasteiger partial charge on any atom is 0.267 e. The molecule has 0 bridgehead atoms. The molecule has 0 aliphatic heterocycles. The van der Waals surface area contributed by atoms with Gasteiger partial charge >= 0.3 is 0 Å². The Hall–Kier alpha value is -1.59. The van der Waals surface area contributed by atoms with Gasteiger partial charge in [0, 0.05) is 10.6 Å². The van der Waals surface area contributed by atoms with Crippen molar-refractivity contribution in [2.24, 2.45) is 11.3 Å². The van der Waals surface area contributed by atoms with Crippen molar-refractivity contribution >= 4 is 33.3 Å². The number of hydrogen-bond acceptors (Lipinski definition) is 4. The van der Waals surface area contributed by atoms with Crippen LogP contribution in [0.1, 0.15) is 63.0 Å². The number of unbranched alkanes of at least 4 members (excludes halogenated alkanes) is 1. The van der Waals surface area contributed by atoms with Gasteiger partial charge in [0.15, 0.2) is 5.16 Å². The number of hydrogen-bond donors (Lipinski definition) is 0. The van der Waals surface area contributed by atoms with Crippen molar-refractivity contribution in [2.75, 3.05) is 5.75 Å². The summed E-state index contributed by atoms with van der Waals surface area (Å²) in [5.41, 5.74) is 3.78. The summed E-state index contributed by atoms with van der Waals surface area (Å²) in [7, 11) is 0. The first kappa shape index (κ1) is 21.6. The summed E-state index contributed by atoms with van der Waals surface area (Å²) in [6.45, 7) is 11.3. The number of benzene rings is 1. The molecule has 2 heterocycles. The van der Waals surface area contributed by atoms with Crippen molar-refractivity contribution in [3.8, 4) is 5.69 Å². The lowest BCUT2D eigenvalue weighted by Gasteiger charge is -2.33. The van der Waals surface area contributed by atoms with Crippen LogP contribution < -0.4 is 5.56 Å². The van der Waals surface area contributed by atoms with E-state index in [-0.39, 0.29) is 5.56 Å². The fourth-order valence-corrected chi connectivity index (χ4v) is 6.71. The number of rotatable bonds is 5. The normalized spacial score (nSPS) is 16.8. The van der Waals surface area contributed by atoms with Crippen LogP contribution in [0.15, 0.2) is 34.2 Å². The molecule has 3 nitrogen and oxygen atoms in total. The highest BCUT2D eigenvalue weighted by Gasteiger charge is 2.32. The van der Waals surface area contributed by atoms with Gasteiger partial charge in [-0.2, -0.15) is 0 Å². The maximum absolute atomic E-state index is 13.8. The van der Waals surface area contributed by atoms with Crippen molar-refractivity contribution in [2.45, 2.75) is 71.9 Å². The van der Waals surface area contributed by atoms with E-state index in [1.807, 2.05) is 16.7 Å². The summed E-state index contributed by atoms with van der Waals surface area (Å²) in [6, 6.07) is 8.23. The topological polar surface area (TPSA) is 34.9 Å². The third-order valence-corrected chi connectivity index (χ3v) is 8.47. The van der Waals surface area contributed by atoms with Crippen LogP contribution in [-0.2, 0) is 12.8 Å². The van der Waals surface area contributed by atoms with Crippen LogP contribution in [0.5, 0.6) is 0 Å². The fourth-order valence-electron chi connectivity index (χ4n) is 4.27. The molecule has 1 aromatic carbocycles. The van der Waals surface area contributed by atoms with Crippen molar-refractivity contribution in [3.05, 3.63) is 50.6 Å². The average Bonchev–Trinajstić information content (AvgIpc) is 3.06. The molecule has 160 valence electrons. The molecule has 0 radical (unpaired) electrons. The molecule has 0 fully saturated rings. The highest BCUT2D eigenvalue weighted by Crippen LogP contribution is 2.42. The van der Waals surface area contributed by atoms with Gasteiger partial charge in [-0.15, -0.1) is 11.3 Å². The van der Waals surface area contributed by atoms with E-state index >= 15 is 0 Å². The lowest BCUT2D eigenvalue weighted by Crippen LogP contribution is -2.27. The predicted octanol–water partition coefficient (Wildman–Crippen LogP) is 6.80. The minimum Gasteiger partial charge on any atom is -0.268 e. The second-order valence-corrected chi connectivity index (χ2v) is 11.7. The Morgan fingerprint density at radius 2 is 1.97 bits per heavy atom. The molecule has 0 amide bonds. The van der Waals surface area contributed by atoms with Crippen LogP contribution in [0.3, 0.4) is 0 Å². The molecule has 0 saturated heterocycles. The van der Waals surface area contributed by atoms with E-state index in [0.29, 0.717) is 11.3 Å². The van der Waals surface area contributed by atoms with Gasteiger partial charge in [-0.3, -0.25) is 9.36 Å². The second kappa shape index (κ2) is 8.51. The second-order valence-electron chi connectivity index (χ2n) is 9.56. The van der Waals surface area contributed by atoms with Gasteiger partial charge in [-0.1, -0.05) is 63.6 Å². The van der Waals surface area contributed by atoms with E-state index in [4.69, 9.17) is 4.98 Å². The number of fused-ring (bicyclic) bond motifs is 3. The van der Waals surface area contributed by atoms with Crippen LogP contribution in [0, 0.1) is 18.3 Å². The van der Waals surface area contributed by atoms with E-state index in [9.17, 15) is 4.79 Å². The number of thiophene rings is 1. The van der Waals surface area contributed by atoms with Crippen LogP contribution in [0.4, 0.5) is 0 Å². The first-order valence-corrected chi connectivity index (χ1v) is 12.9. The zero-order valence-electron chi connectivity index (χ0n) is 18.7. The zero-order chi connectivity index (χ0) is 21.5. The highest BCUT2D eigenvalue weighted by molar-refractivity contribution is 7.99. The summed E-state index contributed by atoms with van der Waals surface area (Å²) >= 11 is 3.46. The standard InChI is InChI=1S/C25H32N2OS2/c1-6-7-14-29-24-26-22-21(23(28)27(24)18-11-8-16(2)9-12-18)19-13-10-17(25(3,4)5)15-20(19)30-22/h8-9,11-12,17H,6-7,10,13-15H2,1-5H3/t17-/m0/s1. The zero-order valence-corrected chi connectivity index (χ0v) is 20.4. The highest BCUT2D eigenvalue weighted by atomic mass is 32.2. The van der Waals surface area contributed by atoms with Gasteiger partial charge in [0.2, 0.25) is 0 Å². The predicted molar refractivity (Wildman–Crippen MR) is 131 cm³/mol. The van der Waals surface area contributed by atoms with Crippen LogP contribution in [0.25, 0.3) is 15.9 Å². The Balaban J connectivity index is 1.86. The Labute approximate surface area is 187 Å². The summed E-state index contributed by atoms with van der Waals surface area (Å²) in [6.07, 6.45) is 5.48. The summed E-state index contributed by atoms with van der Waals surface area (Å²) in [4.78, 5) is 21.2. The minimum absolute atomic E-state index is 0.106. The quantitative estimate of drug-likeness (QED) is 0.249. The molecule has 0 saturated carbocycles. The Morgan fingerprint density at radius 1 is 1.23 bits per heavy atom. The first-order chi connectivity index (χ1) is 14.3. The molecule has 4 rings (SSSR count). The lowest BCUT2D eigenvalue weighted by molar-refractivity contribution is 0.218. The van der Waals surface area contributed by atoms with Gasteiger partial charge in [0.05, 0.1) is 11.1 Å². The molecule has 3 aromatic rings. The molecule has 0 N–H and O–H groups in total. The smallest absolute Gasteiger partial charge is 0.267 e. The minimum atomic E-state index is 0.106. The summed E-state index contributed by atoms with van der Waals surface area (Å²) < 4.78 is 1.85. The van der Waals surface area contributed by atoms with Crippen LogP contribution >= 0.6 is 23.1 Å². The number of aryl methyl sites for hydroxylation is 2.